The second-order valence-electron chi connectivity index (χ2n) is 7.64. The molecule has 1 aliphatic rings. The maximum Gasteiger partial charge on any atom is 0.257 e. The zero-order valence-corrected chi connectivity index (χ0v) is 17.8. The molecule has 156 valence electrons. The van der Waals surface area contributed by atoms with Gasteiger partial charge in [-0.15, -0.1) is 0 Å². The first-order valence-corrected chi connectivity index (χ1v) is 11.4. The van der Waals surface area contributed by atoms with Crippen molar-refractivity contribution in [1.82, 2.24) is 9.88 Å². The Morgan fingerprint density at radius 3 is 2.68 bits per heavy atom. The molecular weight excluding hydrogens is 406 g/mol. The van der Waals surface area contributed by atoms with Crippen molar-refractivity contribution in [1.29, 1.82) is 0 Å². The standard InChI is InChI=1S/C25H23N3O2S/c29-24(28-15-14-20(16-28)26-19-9-2-1-3-10-19)21-11-5-4-8-18(21)17-31-25-27-22-12-6-7-13-23(22)30-25/h1-13,20,26H,14-17H2. The lowest BCUT2D eigenvalue weighted by Gasteiger charge is -2.19. The molecule has 0 radical (unpaired) electrons. The predicted molar refractivity (Wildman–Crippen MR) is 124 cm³/mol. The van der Waals surface area contributed by atoms with E-state index in [4.69, 9.17) is 4.42 Å². The minimum atomic E-state index is 0.0890. The van der Waals surface area contributed by atoms with Gasteiger partial charge in [0.1, 0.15) is 5.52 Å². The lowest BCUT2D eigenvalue weighted by atomic mass is 10.1. The van der Waals surface area contributed by atoms with Gasteiger partial charge in [0.25, 0.3) is 11.1 Å². The molecule has 0 aliphatic carbocycles. The quantitative estimate of drug-likeness (QED) is 0.413. The summed E-state index contributed by atoms with van der Waals surface area (Å²) in [6.07, 6.45) is 0.945. The molecule has 2 heterocycles. The number of hydrogen-bond donors (Lipinski definition) is 1. The van der Waals surface area contributed by atoms with Crippen LogP contribution in [-0.4, -0.2) is 34.9 Å². The molecule has 0 bridgehead atoms. The number of fused-ring (bicyclic) bond motifs is 1. The van der Waals surface area contributed by atoms with Gasteiger partial charge in [0.15, 0.2) is 5.58 Å². The van der Waals surface area contributed by atoms with Gasteiger partial charge in [-0.05, 0) is 42.3 Å². The number of hydrogen-bond acceptors (Lipinski definition) is 5. The van der Waals surface area contributed by atoms with E-state index in [0.717, 1.165) is 40.9 Å². The average Bonchev–Trinajstić information content (AvgIpc) is 3.45. The molecule has 31 heavy (non-hydrogen) atoms. The minimum Gasteiger partial charge on any atom is -0.431 e. The van der Waals surface area contributed by atoms with Crippen LogP contribution in [0.4, 0.5) is 5.69 Å². The van der Waals surface area contributed by atoms with Gasteiger partial charge in [-0.25, -0.2) is 4.98 Å². The van der Waals surface area contributed by atoms with E-state index in [9.17, 15) is 4.79 Å². The number of carbonyl (C=O) groups is 1. The van der Waals surface area contributed by atoms with E-state index < -0.39 is 0 Å². The van der Waals surface area contributed by atoms with Gasteiger partial charge in [0, 0.05) is 36.1 Å². The smallest absolute Gasteiger partial charge is 0.257 e. The number of rotatable bonds is 6. The summed E-state index contributed by atoms with van der Waals surface area (Å²) in [7, 11) is 0. The van der Waals surface area contributed by atoms with Gasteiger partial charge >= 0.3 is 0 Å². The molecule has 1 aromatic heterocycles. The Bertz CT molecular complexity index is 1160. The van der Waals surface area contributed by atoms with E-state index in [-0.39, 0.29) is 11.9 Å². The lowest BCUT2D eigenvalue weighted by Crippen LogP contribution is -2.32. The Morgan fingerprint density at radius 1 is 1.03 bits per heavy atom. The topological polar surface area (TPSA) is 58.4 Å². The van der Waals surface area contributed by atoms with Gasteiger partial charge in [-0.2, -0.15) is 0 Å². The van der Waals surface area contributed by atoms with Crippen molar-refractivity contribution in [3.05, 3.63) is 90.0 Å². The van der Waals surface area contributed by atoms with E-state index in [1.54, 1.807) is 0 Å². The first-order chi connectivity index (χ1) is 15.3. The minimum absolute atomic E-state index is 0.0890. The number of amides is 1. The van der Waals surface area contributed by atoms with Crippen LogP contribution >= 0.6 is 11.8 Å². The number of aromatic nitrogens is 1. The highest BCUT2D eigenvalue weighted by Gasteiger charge is 2.28. The van der Waals surface area contributed by atoms with E-state index in [2.05, 4.69) is 22.4 Å². The summed E-state index contributed by atoms with van der Waals surface area (Å²) in [6.45, 7) is 1.47. The second kappa shape index (κ2) is 8.86. The molecule has 1 N–H and O–H groups in total. The number of benzene rings is 3. The van der Waals surface area contributed by atoms with Crippen molar-refractivity contribution in [2.75, 3.05) is 18.4 Å². The summed E-state index contributed by atoms with van der Waals surface area (Å²) in [5.41, 5.74) is 4.48. The van der Waals surface area contributed by atoms with Gasteiger partial charge in [-0.3, -0.25) is 4.79 Å². The van der Waals surface area contributed by atoms with E-state index in [1.165, 1.54) is 11.8 Å². The molecule has 3 aromatic carbocycles. The molecule has 1 saturated heterocycles. The third-order valence-electron chi connectivity index (χ3n) is 5.49. The molecule has 1 amide bonds. The van der Waals surface area contributed by atoms with Crippen LogP contribution in [0.3, 0.4) is 0 Å². The third kappa shape index (κ3) is 4.44. The highest BCUT2D eigenvalue weighted by Crippen LogP contribution is 2.28. The largest absolute Gasteiger partial charge is 0.431 e. The van der Waals surface area contributed by atoms with Crippen LogP contribution in [0, 0.1) is 0 Å². The van der Waals surface area contributed by atoms with Crippen molar-refractivity contribution in [2.45, 2.75) is 23.4 Å². The van der Waals surface area contributed by atoms with Crippen LogP contribution in [0.25, 0.3) is 11.1 Å². The monoisotopic (exact) mass is 429 g/mol. The SMILES string of the molecule is O=C(c1ccccc1CSc1nc2ccccc2o1)N1CCC(Nc2ccccc2)C1. The summed E-state index contributed by atoms with van der Waals surface area (Å²) in [6, 6.07) is 26.0. The van der Waals surface area contributed by atoms with Crippen LogP contribution in [-0.2, 0) is 5.75 Å². The number of carbonyl (C=O) groups excluding carboxylic acids is 1. The maximum absolute atomic E-state index is 13.3. The molecule has 1 fully saturated rings. The molecule has 0 spiro atoms. The predicted octanol–water partition coefficient (Wildman–Crippen LogP) is 5.45. The highest BCUT2D eigenvalue weighted by atomic mass is 32.2. The van der Waals surface area contributed by atoms with Crippen LogP contribution in [0.1, 0.15) is 22.3 Å². The Morgan fingerprint density at radius 2 is 1.81 bits per heavy atom. The van der Waals surface area contributed by atoms with Crippen molar-refractivity contribution >= 4 is 34.5 Å². The first-order valence-electron chi connectivity index (χ1n) is 10.4. The van der Waals surface area contributed by atoms with E-state index in [1.807, 2.05) is 71.6 Å². The van der Waals surface area contributed by atoms with E-state index in [0.29, 0.717) is 17.5 Å². The fourth-order valence-corrected chi connectivity index (χ4v) is 4.75. The Hall–Kier alpha value is -3.25. The molecule has 1 unspecified atom stereocenters. The summed E-state index contributed by atoms with van der Waals surface area (Å²) >= 11 is 1.51. The molecule has 5 nitrogen and oxygen atoms in total. The fourth-order valence-electron chi connectivity index (χ4n) is 3.91. The van der Waals surface area contributed by atoms with Crippen molar-refractivity contribution in [2.24, 2.45) is 0 Å². The number of anilines is 1. The molecule has 5 rings (SSSR count). The second-order valence-corrected chi connectivity index (χ2v) is 8.57. The summed E-state index contributed by atoms with van der Waals surface area (Å²) in [4.78, 5) is 19.7. The Balaban J connectivity index is 1.25. The van der Waals surface area contributed by atoms with Crippen LogP contribution < -0.4 is 5.32 Å². The van der Waals surface area contributed by atoms with Crippen LogP contribution in [0.15, 0.2) is 88.5 Å². The summed E-state index contributed by atoms with van der Waals surface area (Å²) < 4.78 is 5.81. The van der Waals surface area contributed by atoms with Crippen molar-refractivity contribution < 1.29 is 9.21 Å². The molecule has 6 heteroatoms. The summed E-state index contributed by atoms with van der Waals surface area (Å²) in [5, 5.41) is 4.15. The van der Waals surface area contributed by atoms with Crippen molar-refractivity contribution in [3.8, 4) is 0 Å². The lowest BCUT2D eigenvalue weighted by molar-refractivity contribution is 0.0791. The number of para-hydroxylation sites is 3. The number of nitrogens with one attached hydrogen (secondary N) is 1. The molecule has 0 saturated carbocycles. The van der Waals surface area contributed by atoms with Crippen LogP contribution in [0.2, 0.25) is 0 Å². The van der Waals surface area contributed by atoms with Crippen LogP contribution in [0.5, 0.6) is 0 Å². The zero-order chi connectivity index (χ0) is 21.0. The number of oxazole rings is 1. The van der Waals surface area contributed by atoms with Gasteiger partial charge in [0.05, 0.1) is 0 Å². The zero-order valence-electron chi connectivity index (χ0n) is 17.0. The molecule has 4 aromatic rings. The Labute approximate surface area is 185 Å². The molecular formula is C25H23N3O2S. The number of likely N-dealkylation sites (tertiary alicyclic amines) is 1. The van der Waals surface area contributed by atoms with Gasteiger partial charge in [0.2, 0.25) is 0 Å². The third-order valence-corrected chi connectivity index (χ3v) is 6.37. The number of nitrogens with zero attached hydrogens (tertiary/aromatic N) is 2. The maximum atomic E-state index is 13.3. The van der Waals surface area contributed by atoms with Gasteiger partial charge < -0.3 is 14.6 Å². The fraction of sp³-hybridized carbons (Fsp3) is 0.200. The molecule has 1 atom stereocenters. The number of thioether (sulfide) groups is 1. The average molecular weight is 430 g/mol. The van der Waals surface area contributed by atoms with Crippen molar-refractivity contribution in [3.63, 3.8) is 0 Å². The molecule has 1 aliphatic heterocycles. The summed E-state index contributed by atoms with van der Waals surface area (Å²) in [5.74, 6) is 0.722. The normalized spacial score (nSPS) is 16.0. The highest BCUT2D eigenvalue weighted by molar-refractivity contribution is 7.98. The van der Waals surface area contributed by atoms with E-state index >= 15 is 0 Å². The first kappa shape index (κ1) is 19.7. The Kier molecular flexibility index (Phi) is 5.63. The van der Waals surface area contributed by atoms with Gasteiger partial charge in [-0.1, -0.05) is 60.3 Å².